The third-order valence-electron chi connectivity index (χ3n) is 3.80. The number of thiazole rings is 1. The average Bonchev–Trinajstić information content (AvgIpc) is 3.11. The molecule has 0 bridgehead atoms. The summed E-state index contributed by atoms with van der Waals surface area (Å²) in [4.78, 5) is 4.61. The molecule has 1 atom stereocenters. The van der Waals surface area contributed by atoms with E-state index in [0.717, 1.165) is 43.9 Å². The number of aryl methyl sites for hydroxylation is 1. The SMILES string of the molecule is CCCNC(Cc1nc(C)cs1)c1ccc2c(c1)CCO2. The summed E-state index contributed by atoms with van der Waals surface area (Å²) in [6.45, 7) is 6.11. The van der Waals surface area contributed by atoms with Crippen molar-refractivity contribution in [2.24, 2.45) is 0 Å². The second-order valence-electron chi connectivity index (χ2n) is 5.56. The van der Waals surface area contributed by atoms with Crippen molar-refractivity contribution in [2.45, 2.75) is 39.2 Å². The maximum Gasteiger partial charge on any atom is 0.122 e. The van der Waals surface area contributed by atoms with Gasteiger partial charge in [0, 0.05) is 30.0 Å². The van der Waals surface area contributed by atoms with Crippen LogP contribution in [0.5, 0.6) is 5.75 Å². The molecule has 0 aliphatic carbocycles. The predicted molar refractivity (Wildman–Crippen MR) is 87.2 cm³/mol. The molecule has 1 unspecified atom stereocenters. The van der Waals surface area contributed by atoms with E-state index in [-0.39, 0.29) is 0 Å². The number of hydrogen-bond acceptors (Lipinski definition) is 4. The largest absolute Gasteiger partial charge is 0.493 e. The summed E-state index contributed by atoms with van der Waals surface area (Å²) in [7, 11) is 0. The van der Waals surface area contributed by atoms with Gasteiger partial charge in [0.05, 0.1) is 11.6 Å². The number of rotatable bonds is 6. The van der Waals surface area contributed by atoms with Gasteiger partial charge in [0.2, 0.25) is 0 Å². The first kappa shape index (κ1) is 14.5. The van der Waals surface area contributed by atoms with Crippen LogP contribution in [0.15, 0.2) is 23.6 Å². The Morgan fingerprint density at radius 1 is 1.43 bits per heavy atom. The number of aromatic nitrogens is 1. The molecule has 2 aromatic rings. The molecule has 1 N–H and O–H groups in total. The molecule has 0 radical (unpaired) electrons. The highest BCUT2D eigenvalue weighted by molar-refractivity contribution is 7.09. The molecule has 0 saturated heterocycles. The van der Waals surface area contributed by atoms with E-state index in [1.54, 1.807) is 11.3 Å². The van der Waals surface area contributed by atoms with Gasteiger partial charge >= 0.3 is 0 Å². The summed E-state index contributed by atoms with van der Waals surface area (Å²) < 4.78 is 5.61. The smallest absolute Gasteiger partial charge is 0.122 e. The molecule has 3 rings (SSSR count). The topological polar surface area (TPSA) is 34.2 Å². The van der Waals surface area contributed by atoms with Crippen molar-refractivity contribution in [3.05, 3.63) is 45.4 Å². The van der Waals surface area contributed by atoms with Crippen molar-refractivity contribution < 1.29 is 4.74 Å². The molecule has 0 saturated carbocycles. The molecule has 1 aromatic carbocycles. The zero-order chi connectivity index (χ0) is 14.7. The highest BCUT2D eigenvalue weighted by Crippen LogP contribution is 2.29. The fraction of sp³-hybridized carbons (Fsp3) is 0.471. The Hall–Kier alpha value is -1.39. The number of fused-ring (bicyclic) bond motifs is 1. The van der Waals surface area contributed by atoms with Gasteiger partial charge in [-0.25, -0.2) is 4.98 Å². The van der Waals surface area contributed by atoms with Crippen molar-refractivity contribution in [1.82, 2.24) is 10.3 Å². The van der Waals surface area contributed by atoms with Gasteiger partial charge in [0.25, 0.3) is 0 Å². The maximum absolute atomic E-state index is 5.61. The standard InChI is InChI=1S/C17H22N2OS/c1-3-7-18-15(10-17-19-12(2)11-21-17)13-4-5-16-14(9-13)6-8-20-16/h4-5,9,11,15,18H,3,6-8,10H2,1-2H3. The Morgan fingerprint density at radius 2 is 2.33 bits per heavy atom. The van der Waals surface area contributed by atoms with Crippen molar-refractivity contribution in [3.8, 4) is 5.75 Å². The summed E-state index contributed by atoms with van der Waals surface area (Å²) in [5.41, 5.74) is 3.80. The zero-order valence-corrected chi connectivity index (χ0v) is 13.5. The van der Waals surface area contributed by atoms with Gasteiger partial charge in [-0.3, -0.25) is 0 Å². The van der Waals surface area contributed by atoms with Crippen LogP contribution >= 0.6 is 11.3 Å². The minimum atomic E-state index is 0.335. The molecular formula is C17H22N2OS. The maximum atomic E-state index is 5.61. The molecule has 21 heavy (non-hydrogen) atoms. The van der Waals surface area contributed by atoms with Gasteiger partial charge in [-0.15, -0.1) is 11.3 Å². The molecule has 1 aliphatic heterocycles. The van der Waals surface area contributed by atoms with E-state index in [9.17, 15) is 0 Å². The van der Waals surface area contributed by atoms with Gasteiger partial charge < -0.3 is 10.1 Å². The van der Waals surface area contributed by atoms with E-state index < -0.39 is 0 Å². The molecule has 0 fully saturated rings. The number of benzene rings is 1. The fourth-order valence-electron chi connectivity index (χ4n) is 2.72. The molecule has 0 spiro atoms. The lowest BCUT2D eigenvalue weighted by Gasteiger charge is -2.18. The van der Waals surface area contributed by atoms with Crippen LogP contribution in [0.4, 0.5) is 0 Å². The van der Waals surface area contributed by atoms with Gasteiger partial charge in [-0.2, -0.15) is 0 Å². The number of ether oxygens (including phenoxy) is 1. The second kappa shape index (κ2) is 6.58. The summed E-state index contributed by atoms with van der Waals surface area (Å²) in [5, 5.41) is 6.99. The van der Waals surface area contributed by atoms with Gasteiger partial charge in [-0.1, -0.05) is 19.1 Å². The van der Waals surface area contributed by atoms with E-state index in [2.05, 4.69) is 47.7 Å². The van der Waals surface area contributed by atoms with Crippen molar-refractivity contribution in [2.75, 3.05) is 13.2 Å². The Morgan fingerprint density at radius 3 is 3.10 bits per heavy atom. The van der Waals surface area contributed by atoms with Gasteiger partial charge in [0.1, 0.15) is 5.75 Å². The van der Waals surface area contributed by atoms with Crippen LogP contribution in [0.3, 0.4) is 0 Å². The Labute approximate surface area is 130 Å². The van der Waals surface area contributed by atoms with Gasteiger partial charge in [-0.05, 0) is 37.1 Å². The number of nitrogens with zero attached hydrogens (tertiary/aromatic N) is 1. The lowest BCUT2D eigenvalue weighted by atomic mass is 10.00. The Bertz CT molecular complexity index is 609. The van der Waals surface area contributed by atoms with Crippen LogP contribution in [0.1, 0.15) is 41.2 Å². The van der Waals surface area contributed by atoms with E-state index in [4.69, 9.17) is 4.74 Å². The normalized spacial score (nSPS) is 14.8. The zero-order valence-electron chi connectivity index (χ0n) is 12.7. The molecule has 0 amide bonds. The first-order chi connectivity index (χ1) is 10.3. The van der Waals surface area contributed by atoms with Crippen LogP contribution in [-0.2, 0) is 12.8 Å². The number of hydrogen-bond donors (Lipinski definition) is 1. The quantitative estimate of drug-likeness (QED) is 0.884. The van der Waals surface area contributed by atoms with E-state index in [0.29, 0.717) is 6.04 Å². The average molecular weight is 302 g/mol. The molecule has 3 nitrogen and oxygen atoms in total. The number of nitrogens with one attached hydrogen (secondary N) is 1. The molecule has 4 heteroatoms. The lowest BCUT2D eigenvalue weighted by molar-refractivity contribution is 0.356. The monoisotopic (exact) mass is 302 g/mol. The molecule has 1 aliphatic rings. The highest BCUT2D eigenvalue weighted by atomic mass is 32.1. The third-order valence-corrected chi connectivity index (χ3v) is 4.79. The van der Waals surface area contributed by atoms with Crippen molar-refractivity contribution in [1.29, 1.82) is 0 Å². The molecule has 2 heterocycles. The molecular weight excluding hydrogens is 280 g/mol. The van der Waals surface area contributed by atoms with Crippen LogP contribution in [-0.4, -0.2) is 18.1 Å². The summed E-state index contributed by atoms with van der Waals surface area (Å²) >= 11 is 1.76. The van der Waals surface area contributed by atoms with E-state index in [1.165, 1.54) is 16.1 Å². The van der Waals surface area contributed by atoms with Crippen LogP contribution in [0.2, 0.25) is 0 Å². The predicted octanol–water partition coefficient (Wildman–Crippen LogP) is 3.67. The second-order valence-corrected chi connectivity index (χ2v) is 6.50. The summed E-state index contributed by atoms with van der Waals surface area (Å²) in [6, 6.07) is 6.95. The Kier molecular flexibility index (Phi) is 4.56. The third kappa shape index (κ3) is 3.44. The van der Waals surface area contributed by atoms with Crippen molar-refractivity contribution >= 4 is 11.3 Å². The minimum Gasteiger partial charge on any atom is -0.493 e. The summed E-state index contributed by atoms with van der Waals surface area (Å²) in [6.07, 6.45) is 3.12. The Balaban J connectivity index is 1.80. The summed E-state index contributed by atoms with van der Waals surface area (Å²) in [5.74, 6) is 1.05. The van der Waals surface area contributed by atoms with Crippen LogP contribution < -0.4 is 10.1 Å². The first-order valence-corrected chi connectivity index (χ1v) is 8.54. The van der Waals surface area contributed by atoms with Gasteiger partial charge in [0.15, 0.2) is 0 Å². The van der Waals surface area contributed by atoms with E-state index in [1.807, 2.05) is 0 Å². The fourth-order valence-corrected chi connectivity index (χ4v) is 3.54. The lowest BCUT2D eigenvalue weighted by Crippen LogP contribution is -2.24. The van der Waals surface area contributed by atoms with E-state index >= 15 is 0 Å². The highest BCUT2D eigenvalue weighted by Gasteiger charge is 2.18. The van der Waals surface area contributed by atoms with Crippen molar-refractivity contribution in [3.63, 3.8) is 0 Å². The molecule has 1 aromatic heterocycles. The van der Waals surface area contributed by atoms with Crippen LogP contribution in [0, 0.1) is 6.92 Å². The first-order valence-electron chi connectivity index (χ1n) is 7.66. The van der Waals surface area contributed by atoms with Crippen LogP contribution in [0.25, 0.3) is 0 Å². The minimum absolute atomic E-state index is 0.335. The molecule has 112 valence electrons.